The number of rotatable bonds is 12. The summed E-state index contributed by atoms with van der Waals surface area (Å²) in [7, 11) is 0. The van der Waals surface area contributed by atoms with Crippen molar-refractivity contribution in [2.24, 2.45) is 23.7 Å². The first-order valence-corrected chi connectivity index (χ1v) is 10.1. The molecule has 0 aliphatic heterocycles. The zero-order valence-electron chi connectivity index (χ0n) is 16.0. The Morgan fingerprint density at radius 3 is 1.92 bits per heavy atom. The summed E-state index contributed by atoms with van der Waals surface area (Å²) in [4.78, 5) is 23.9. The van der Waals surface area contributed by atoms with Crippen molar-refractivity contribution in [3.63, 3.8) is 0 Å². The van der Waals surface area contributed by atoms with Crippen LogP contribution in [0.2, 0.25) is 0 Å². The van der Waals surface area contributed by atoms with Crippen LogP contribution in [0.15, 0.2) is 12.2 Å². The molecule has 144 valence electrons. The number of carbonyl (C=O) groups is 2. The lowest BCUT2D eigenvalue weighted by Crippen LogP contribution is -2.38. The summed E-state index contributed by atoms with van der Waals surface area (Å²) in [5, 5.41) is 19.6. The van der Waals surface area contributed by atoms with Gasteiger partial charge in [-0.15, -0.1) is 0 Å². The van der Waals surface area contributed by atoms with E-state index in [-0.39, 0.29) is 11.8 Å². The predicted molar refractivity (Wildman–Crippen MR) is 101 cm³/mol. The zero-order chi connectivity index (χ0) is 18.7. The molecule has 0 amide bonds. The van der Waals surface area contributed by atoms with Crippen LogP contribution in [0.1, 0.15) is 84.5 Å². The third-order valence-corrected chi connectivity index (χ3v) is 5.57. The van der Waals surface area contributed by atoms with Crippen molar-refractivity contribution in [2.45, 2.75) is 84.5 Å². The molecule has 0 bridgehead atoms. The monoisotopic (exact) mass is 352 g/mol. The number of unbranched alkanes of at least 4 members (excludes halogenated alkanes) is 6. The van der Waals surface area contributed by atoms with Gasteiger partial charge in [-0.1, -0.05) is 77.4 Å². The van der Waals surface area contributed by atoms with Gasteiger partial charge in [0.15, 0.2) is 0 Å². The van der Waals surface area contributed by atoms with E-state index in [4.69, 9.17) is 0 Å². The van der Waals surface area contributed by atoms with Crippen molar-refractivity contribution in [2.75, 3.05) is 0 Å². The first-order valence-electron chi connectivity index (χ1n) is 10.1. The molecule has 1 rings (SSSR count). The number of hydrogen-bond donors (Lipinski definition) is 2. The van der Waals surface area contributed by atoms with Crippen LogP contribution in [0.25, 0.3) is 0 Å². The Labute approximate surface area is 152 Å². The lowest BCUT2D eigenvalue weighted by Gasteiger charge is -2.30. The number of hydrogen-bond acceptors (Lipinski definition) is 2. The van der Waals surface area contributed by atoms with Crippen molar-refractivity contribution in [1.29, 1.82) is 0 Å². The van der Waals surface area contributed by atoms with Gasteiger partial charge in [-0.05, 0) is 31.1 Å². The zero-order valence-corrected chi connectivity index (χ0v) is 16.0. The second-order valence-electron chi connectivity index (χ2n) is 7.51. The van der Waals surface area contributed by atoms with Crippen LogP contribution in [0.5, 0.6) is 0 Å². The molecule has 4 nitrogen and oxygen atoms in total. The number of carboxylic acid groups (broad SMARTS) is 2. The summed E-state index contributed by atoms with van der Waals surface area (Å²) >= 11 is 0. The molecule has 0 aromatic heterocycles. The molecule has 0 spiro atoms. The summed E-state index contributed by atoms with van der Waals surface area (Å²) in [6, 6.07) is 0. The first kappa shape index (κ1) is 21.7. The lowest BCUT2D eigenvalue weighted by atomic mass is 9.73. The quantitative estimate of drug-likeness (QED) is 0.358. The van der Waals surface area contributed by atoms with Crippen LogP contribution in [0, 0.1) is 23.7 Å². The fourth-order valence-corrected chi connectivity index (χ4v) is 4.16. The van der Waals surface area contributed by atoms with Crippen LogP contribution in [-0.2, 0) is 9.59 Å². The number of aliphatic carboxylic acids is 2. The van der Waals surface area contributed by atoms with Gasteiger partial charge in [0.2, 0.25) is 0 Å². The minimum absolute atomic E-state index is 0.0626. The van der Waals surface area contributed by atoms with Crippen LogP contribution in [-0.4, -0.2) is 22.2 Å². The molecule has 0 fully saturated rings. The van der Waals surface area contributed by atoms with E-state index in [2.05, 4.69) is 13.8 Å². The molecular weight excluding hydrogens is 316 g/mol. The van der Waals surface area contributed by atoms with Crippen molar-refractivity contribution in [1.82, 2.24) is 0 Å². The summed E-state index contributed by atoms with van der Waals surface area (Å²) < 4.78 is 0. The van der Waals surface area contributed by atoms with Crippen LogP contribution >= 0.6 is 0 Å². The smallest absolute Gasteiger partial charge is 0.307 e. The van der Waals surface area contributed by atoms with Gasteiger partial charge >= 0.3 is 11.9 Å². The molecule has 1 aliphatic carbocycles. The molecule has 2 N–H and O–H groups in total. The van der Waals surface area contributed by atoms with Crippen LogP contribution in [0.3, 0.4) is 0 Å². The number of carboxylic acids is 2. The molecule has 0 saturated carbocycles. The van der Waals surface area contributed by atoms with Gasteiger partial charge in [0.1, 0.15) is 0 Å². The van der Waals surface area contributed by atoms with Gasteiger partial charge in [0, 0.05) is 0 Å². The fraction of sp³-hybridized carbons (Fsp3) is 0.810. The van der Waals surface area contributed by atoms with E-state index < -0.39 is 23.8 Å². The minimum atomic E-state index is -0.946. The Balaban J connectivity index is 2.83. The molecule has 0 radical (unpaired) electrons. The highest BCUT2D eigenvalue weighted by molar-refractivity contribution is 5.81. The van der Waals surface area contributed by atoms with Crippen molar-refractivity contribution >= 4 is 11.9 Å². The molecule has 0 aromatic carbocycles. The van der Waals surface area contributed by atoms with Gasteiger partial charge in [-0.25, -0.2) is 0 Å². The standard InChI is InChI=1S/C21H36O4/c1-3-5-7-9-12-16-14-11-15-17(13-10-8-6-4-2)19(21(24)25)18(16)20(22)23/h11,14,16-19H,3-10,12-13,15H2,1-2H3,(H,22,23)(H,24,25). The normalized spacial score (nSPS) is 26.3. The maximum atomic E-state index is 12.0. The van der Waals surface area contributed by atoms with E-state index in [1.54, 1.807) is 0 Å². The molecule has 0 aromatic rings. The Kier molecular flexibility index (Phi) is 10.5. The molecule has 4 unspecified atom stereocenters. The summed E-state index contributed by atoms with van der Waals surface area (Å²) in [5.74, 6) is -3.67. The molecule has 0 saturated heterocycles. The van der Waals surface area contributed by atoms with Crippen LogP contribution < -0.4 is 0 Å². The highest BCUT2D eigenvalue weighted by Crippen LogP contribution is 2.39. The molecule has 0 heterocycles. The molecule has 4 atom stereocenters. The average molecular weight is 353 g/mol. The fourth-order valence-electron chi connectivity index (χ4n) is 4.16. The SMILES string of the molecule is CCCCCCC1C=CCC(CCCCCC)C(C(=O)O)C1C(=O)O. The van der Waals surface area contributed by atoms with Crippen molar-refractivity contribution < 1.29 is 19.8 Å². The molecular formula is C21H36O4. The van der Waals surface area contributed by atoms with Crippen molar-refractivity contribution in [3.05, 3.63) is 12.2 Å². The Morgan fingerprint density at radius 2 is 1.40 bits per heavy atom. The Morgan fingerprint density at radius 1 is 0.840 bits per heavy atom. The minimum Gasteiger partial charge on any atom is -0.481 e. The molecule has 4 heteroatoms. The Hall–Kier alpha value is -1.32. The lowest BCUT2D eigenvalue weighted by molar-refractivity contribution is -0.158. The van der Waals surface area contributed by atoms with Gasteiger partial charge in [0.05, 0.1) is 11.8 Å². The van der Waals surface area contributed by atoms with E-state index in [1.165, 1.54) is 0 Å². The summed E-state index contributed by atoms with van der Waals surface area (Å²) in [6.45, 7) is 4.30. The van der Waals surface area contributed by atoms with Gasteiger partial charge in [0.25, 0.3) is 0 Å². The molecule has 1 aliphatic rings. The maximum Gasteiger partial charge on any atom is 0.307 e. The third kappa shape index (κ3) is 7.21. The van der Waals surface area contributed by atoms with E-state index >= 15 is 0 Å². The predicted octanol–water partition coefficient (Wildman–Crippen LogP) is 5.52. The second kappa shape index (κ2) is 12.1. The second-order valence-corrected chi connectivity index (χ2v) is 7.51. The summed E-state index contributed by atoms with van der Waals surface area (Å²) in [5.41, 5.74) is 0. The summed E-state index contributed by atoms with van der Waals surface area (Å²) in [6.07, 6.45) is 15.1. The van der Waals surface area contributed by atoms with Crippen molar-refractivity contribution in [3.8, 4) is 0 Å². The number of allylic oxidation sites excluding steroid dienone is 2. The average Bonchev–Trinajstić information content (AvgIpc) is 2.75. The van der Waals surface area contributed by atoms with Gasteiger partial charge in [-0.2, -0.15) is 0 Å². The van der Waals surface area contributed by atoms with Crippen LogP contribution in [0.4, 0.5) is 0 Å². The maximum absolute atomic E-state index is 12.0. The highest BCUT2D eigenvalue weighted by atomic mass is 16.4. The van der Waals surface area contributed by atoms with E-state index in [0.717, 1.165) is 64.2 Å². The van der Waals surface area contributed by atoms with E-state index in [9.17, 15) is 19.8 Å². The Bertz CT molecular complexity index is 430. The highest BCUT2D eigenvalue weighted by Gasteiger charge is 2.43. The van der Waals surface area contributed by atoms with E-state index in [1.807, 2.05) is 12.2 Å². The van der Waals surface area contributed by atoms with E-state index in [0.29, 0.717) is 6.42 Å². The first-order chi connectivity index (χ1) is 12.0. The van der Waals surface area contributed by atoms with Gasteiger partial charge in [-0.3, -0.25) is 9.59 Å². The topological polar surface area (TPSA) is 74.6 Å². The molecule has 25 heavy (non-hydrogen) atoms. The largest absolute Gasteiger partial charge is 0.481 e. The third-order valence-electron chi connectivity index (χ3n) is 5.57. The van der Waals surface area contributed by atoms with Gasteiger partial charge < -0.3 is 10.2 Å².